The molecule has 1 aromatic heterocycles. The molecule has 1 saturated heterocycles. The highest BCUT2D eigenvalue weighted by Crippen LogP contribution is 2.18. The van der Waals surface area contributed by atoms with E-state index in [4.69, 9.17) is 10.5 Å². The van der Waals surface area contributed by atoms with Gasteiger partial charge in [0.2, 0.25) is 0 Å². The number of thiazole rings is 1. The van der Waals surface area contributed by atoms with Gasteiger partial charge in [0.15, 0.2) is 5.13 Å². The van der Waals surface area contributed by atoms with Crippen molar-refractivity contribution in [3.63, 3.8) is 0 Å². The standard InChI is InChI=1S/C14H24N4O2S/c1-14(2,3)17-13(19)20-11-4-6-18(7-5-11)8-10-9-21-12(15)16-10/h9,11H,4-8H2,1-3H3,(H2,15,16)(H,17,19). The zero-order valence-electron chi connectivity index (χ0n) is 12.9. The third-order valence-electron chi connectivity index (χ3n) is 3.24. The van der Waals surface area contributed by atoms with Crippen molar-refractivity contribution in [3.05, 3.63) is 11.1 Å². The average molecular weight is 312 g/mol. The number of anilines is 1. The molecule has 0 aliphatic carbocycles. The average Bonchev–Trinajstić information content (AvgIpc) is 2.75. The number of carbonyl (C=O) groups excluding carboxylic acids is 1. The molecule has 0 saturated carbocycles. The van der Waals surface area contributed by atoms with Gasteiger partial charge in [-0.2, -0.15) is 0 Å². The van der Waals surface area contributed by atoms with Gasteiger partial charge in [-0.3, -0.25) is 4.90 Å². The molecule has 0 radical (unpaired) electrons. The Bertz CT molecular complexity index is 476. The van der Waals surface area contributed by atoms with Gasteiger partial charge in [0, 0.05) is 30.6 Å². The fourth-order valence-electron chi connectivity index (χ4n) is 2.30. The van der Waals surface area contributed by atoms with Gasteiger partial charge in [-0.05, 0) is 33.6 Å². The molecule has 118 valence electrons. The second kappa shape index (κ2) is 6.62. The van der Waals surface area contributed by atoms with Crippen molar-refractivity contribution in [3.8, 4) is 0 Å². The smallest absolute Gasteiger partial charge is 0.407 e. The molecule has 7 heteroatoms. The summed E-state index contributed by atoms with van der Waals surface area (Å²) in [7, 11) is 0. The quantitative estimate of drug-likeness (QED) is 0.894. The number of rotatable bonds is 3. The number of aromatic nitrogens is 1. The van der Waals surface area contributed by atoms with Crippen LogP contribution >= 0.6 is 11.3 Å². The predicted molar refractivity (Wildman–Crippen MR) is 84.2 cm³/mol. The first-order chi connectivity index (χ1) is 9.82. The molecule has 0 unspecified atom stereocenters. The van der Waals surface area contributed by atoms with E-state index in [-0.39, 0.29) is 17.7 Å². The summed E-state index contributed by atoms with van der Waals surface area (Å²) >= 11 is 1.47. The third kappa shape index (κ3) is 5.51. The molecule has 1 fully saturated rings. The van der Waals surface area contributed by atoms with E-state index in [0.29, 0.717) is 5.13 Å². The lowest BCUT2D eigenvalue weighted by Gasteiger charge is -2.31. The van der Waals surface area contributed by atoms with Crippen LogP contribution in [0.15, 0.2) is 5.38 Å². The molecule has 0 atom stereocenters. The van der Waals surface area contributed by atoms with Gasteiger partial charge in [0.25, 0.3) is 0 Å². The zero-order chi connectivity index (χ0) is 15.5. The number of nitrogens with one attached hydrogen (secondary N) is 1. The van der Waals surface area contributed by atoms with E-state index >= 15 is 0 Å². The van der Waals surface area contributed by atoms with Crippen molar-refractivity contribution in [2.75, 3.05) is 18.8 Å². The number of hydrogen-bond acceptors (Lipinski definition) is 6. The van der Waals surface area contributed by atoms with Crippen LogP contribution in [-0.2, 0) is 11.3 Å². The SMILES string of the molecule is CC(C)(C)NC(=O)OC1CCN(Cc2csc(N)n2)CC1. The zero-order valence-corrected chi connectivity index (χ0v) is 13.7. The van der Waals surface area contributed by atoms with E-state index in [1.807, 2.05) is 26.2 Å². The van der Waals surface area contributed by atoms with Crippen LogP contribution in [-0.4, -0.2) is 40.7 Å². The highest BCUT2D eigenvalue weighted by atomic mass is 32.1. The Balaban J connectivity index is 1.72. The molecule has 2 rings (SSSR count). The van der Waals surface area contributed by atoms with Crippen molar-refractivity contribution in [2.24, 2.45) is 0 Å². The molecule has 0 spiro atoms. The molecule has 1 amide bonds. The third-order valence-corrected chi connectivity index (χ3v) is 3.96. The summed E-state index contributed by atoms with van der Waals surface area (Å²) in [6, 6.07) is 0. The normalized spacial score (nSPS) is 17.7. The number of piperidine rings is 1. The Hall–Kier alpha value is -1.34. The van der Waals surface area contributed by atoms with Crippen LogP contribution in [0.25, 0.3) is 0 Å². The molecule has 0 bridgehead atoms. The van der Waals surface area contributed by atoms with Crippen LogP contribution in [0, 0.1) is 0 Å². The fraction of sp³-hybridized carbons (Fsp3) is 0.714. The van der Waals surface area contributed by atoms with Gasteiger partial charge in [-0.1, -0.05) is 0 Å². The largest absolute Gasteiger partial charge is 0.446 e. The maximum Gasteiger partial charge on any atom is 0.407 e. The number of carbonyl (C=O) groups is 1. The highest BCUT2D eigenvalue weighted by molar-refractivity contribution is 7.13. The maximum absolute atomic E-state index is 11.7. The molecule has 2 heterocycles. The molecule has 1 aliphatic heterocycles. The van der Waals surface area contributed by atoms with Crippen molar-refractivity contribution in [1.29, 1.82) is 0 Å². The number of ether oxygens (including phenoxy) is 1. The van der Waals surface area contributed by atoms with Gasteiger partial charge in [0.1, 0.15) is 6.10 Å². The first kappa shape index (κ1) is 16.0. The number of nitrogens with two attached hydrogens (primary N) is 1. The maximum atomic E-state index is 11.7. The second-order valence-electron chi connectivity index (χ2n) is 6.43. The van der Waals surface area contributed by atoms with Crippen LogP contribution in [0.3, 0.4) is 0 Å². The summed E-state index contributed by atoms with van der Waals surface area (Å²) < 4.78 is 5.46. The Morgan fingerprint density at radius 3 is 2.71 bits per heavy atom. The van der Waals surface area contributed by atoms with Gasteiger partial charge < -0.3 is 15.8 Å². The predicted octanol–water partition coefficient (Wildman–Crippen LogP) is 2.21. The summed E-state index contributed by atoms with van der Waals surface area (Å²) in [5, 5.41) is 5.43. The fourth-order valence-corrected chi connectivity index (χ4v) is 2.85. The number of alkyl carbamates (subject to hydrolysis) is 1. The Kier molecular flexibility index (Phi) is 5.05. The van der Waals surface area contributed by atoms with Crippen LogP contribution in [0.4, 0.5) is 9.93 Å². The lowest BCUT2D eigenvalue weighted by Crippen LogP contribution is -2.44. The van der Waals surface area contributed by atoms with E-state index in [0.717, 1.165) is 38.2 Å². The molecular weight excluding hydrogens is 288 g/mol. The summed E-state index contributed by atoms with van der Waals surface area (Å²) in [5.41, 5.74) is 6.39. The van der Waals surface area contributed by atoms with Gasteiger partial charge in [0.05, 0.1) is 5.69 Å². The molecule has 0 aromatic carbocycles. The minimum Gasteiger partial charge on any atom is -0.446 e. The van der Waals surface area contributed by atoms with E-state index < -0.39 is 0 Å². The van der Waals surface area contributed by atoms with Crippen molar-refractivity contribution < 1.29 is 9.53 Å². The van der Waals surface area contributed by atoms with E-state index in [1.165, 1.54) is 11.3 Å². The van der Waals surface area contributed by atoms with Crippen molar-refractivity contribution in [2.45, 2.75) is 51.8 Å². The minimum absolute atomic E-state index is 0.00380. The van der Waals surface area contributed by atoms with Gasteiger partial charge in [-0.15, -0.1) is 11.3 Å². The molecule has 3 N–H and O–H groups in total. The number of amides is 1. The monoisotopic (exact) mass is 312 g/mol. The second-order valence-corrected chi connectivity index (χ2v) is 7.32. The Morgan fingerprint density at radius 2 is 2.19 bits per heavy atom. The number of hydrogen-bond donors (Lipinski definition) is 2. The lowest BCUT2D eigenvalue weighted by molar-refractivity contribution is 0.0450. The molecule has 1 aromatic rings. The summed E-state index contributed by atoms with van der Waals surface area (Å²) in [6.45, 7) is 8.45. The summed E-state index contributed by atoms with van der Waals surface area (Å²) in [5.74, 6) is 0. The molecule has 6 nitrogen and oxygen atoms in total. The topological polar surface area (TPSA) is 80.5 Å². The minimum atomic E-state index is -0.326. The molecule has 1 aliphatic rings. The first-order valence-electron chi connectivity index (χ1n) is 7.23. The number of nitrogen functional groups attached to an aromatic ring is 1. The highest BCUT2D eigenvalue weighted by Gasteiger charge is 2.24. The van der Waals surface area contributed by atoms with Gasteiger partial charge in [-0.25, -0.2) is 9.78 Å². The van der Waals surface area contributed by atoms with Crippen LogP contribution in [0.2, 0.25) is 0 Å². The van der Waals surface area contributed by atoms with E-state index in [9.17, 15) is 4.79 Å². The number of likely N-dealkylation sites (tertiary alicyclic amines) is 1. The van der Waals surface area contributed by atoms with Gasteiger partial charge >= 0.3 is 6.09 Å². The van der Waals surface area contributed by atoms with Crippen molar-refractivity contribution in [1.82, 2.24) is 15.2 Å². The summed E-state index contributed by atoms with van der Waals surface area (Å²) in [4.78, 5) is 18.3. The van der Waals surface area contributed by atoms with E-state index in [2.05, 4.69) is 15.2 Å². The Labute approximate surface area is 129 Å². The Morgan fingerprint density at radius 1 is 1.52 bits per heavy atom. The summed E-state index contributed by atoms with van der Waals surface area (Å²) in [6.07, 6.45) is 1.39. The van der Waals surface area contributed by atoms with Crippen LogP contribution < -0.4 is 11.1 Å². The molecule has 21 heavy (non-hydrogen) atoms. The van der Waals surface area contributed by atoms with Crippen LogP contribution in [0.1, 0.15) is 39.3 Å². The first-order valence-corrected chi connectivity index (χ1v) is 8.11. The lowest BCUT2D eigenvalue weighted by atomic mass is 10.1. The van der Waals surface area contributed by atoms with Crippen molar-refractivity contribution >= 4 is 22.6 Å². The number of nitrogens with zero attached hydrogens (tertiary/aromatic N) is 2. The van der Waals surface area contributed by atoms with Crippen LogP contribution in [0.5, 0.6) is 0 Å². The molecular formula is C14H24N4O2S. The van der Waals surface area contributed by atoms with E-state index in [1.54, 1.807) is 0 Å².